The number of ether oxygens (including phenoxy) is 1. The molecular formula is C14H17NO5. The summed E-state index contributed by atoms with van der Waals surface area (Å²) < 4.78 is 5.24. The molecule has 2 N–H and O–H groups in total. The second kappa shape index (κ2) is 5.50. The lowest BCUT2D eigenvalue weighted by Gasteiger charge is -2.19. The first-order valence-corrected chi connectivity index (χ1v) is 6.39. The molecule has 1 atom stereocenters. The van der Waals surface area contributed by atoms with E-state index in [4.69, 9.17) is 9.84 Å². The highest BCUT2D eigenvalue weighted by Gasteiger charge is 2.31. The van der Waals surface area contributed by atoms with Gasteiger partial charge in [0.25, 0.3) is 0 Å². The number of anilines is 1. The molecular weight excluding hydrogens is 262 g/mol. The van der Waals surface area contributed by atoms with Crippen LogP contribution in [0.4, 0.5) is 5.69 Å². The van der Waals surface area contributed by atoms with Crippen LogP contribution in [-0.4, -0.2) is 40.8 Å². The van der Waals surface area contributed by atoms with Crippen molar-refractivity contribution in [2.45, 2.75) is 25.4 Å². The highest BCUT2D eigenvalue weighted by molar-refractivity contribution is 5.95. The van der Waals surface area contributed by atoms with E-state index in [1.54, 1.807) is 29.2 Å². The Morgan fingerprint density at radius 1 is 1.40 bits per heavy atom. The second-order valence-corrected chi connectivity index (χ2v) is 5.01. The molecule has 1 aromatic carbocycles. The summed E-state index contributed by atoms with van der Waals surface area (Å²) in [5.74, 6) is -0.786. The zero-order valence-electron chi connectivity index (χ0n) is 11.2. The van der Waals surface area contributed by atoms with Crippen molar-refractivity contribution in [3.8, 4) is 5.75 Å². The van der Waals surface area contributed by atoms with Crippen LogP contribution >= 0.6 is 0 Å². The maximum absolute atomic E-state index is 11.6. The molecule has 6 heteroatoms. The quantitative estimate of drug-likeness (QED) is 0.840. The summed E-state index contributed by atoms with van der Waals surface area (Å²) >= 11 is 0. The molecule has 1 unspecified atom stereocenters. The van der Waals surface area contributed by atoms with Gasteiger partial charge in [-0.3, -0.25) is 4.79 Å². The molecule has 0 aromatic heterocycles. The number of benzene rings is 1. The van der Waals surface area contributed by atoms with E-state index < -0.39 is 11.6 Å². The van der Waals surface area contributed by atoms with Gasteiger partial charge in [-0.1, -0.05) is 0 Å². The van der Waals surface area contributed by atoms with Crippen molar-refractivity contribution in [1.29, 1.82) is 0 Å². The number of rotatable bonds is 5. The van der Waals surface area contributed by atoms with Gasteiger partial charge in [-0.25, -0.2) is 4.79 Å². The van der Waals surface area contributed by atoms with Gasteiger partial charge in [0.2, 0.25) is 5.91 Å². The number of hydrogen-bond donors (Lipinski definition) is 2. The maximum atomic E-state index is 11.6. The lowest BCUT2D eigenvalue weighted by atomic mass is 10.1. The van der Waals surface area contributed by atoms with Gasteiger partial charge < -0.3 is 19.8 Å². The summed E-state index contributed by atoms with van der Waals surface area (Å²) in [5, 5.41) is 18.3. The van der Waals surface area contributed by atoms with Crippen LogP contribution in [0.2, 0.25) is 0 Å². The Labute approximate surface area is 116 Å². The van der Waals surface area contributed by atoms with Crippen molar-refractivity contribution < 1.29 is 24.5 Å². The van der Waals surface area contributed by atoms with Gasteiger partial charge in [-0.15, -0.1) is 0 Å². The third-order valence-corrected chi connectivity index (χ3v) is 3.20. The van der Waals surface area contributed by atoms with Crippen molar-refractivity contribution in [2.24, 2.45) is 0 Å². The van der Waals surface area contributed by atoms with E-state index >= 15 is 0 Å². The molecule has 1 fully saturated rings. The van der Waals surface area contributed by atoms with Crippen LogP contribution in [0.15, 0.2) is 24.3 Å². The molecule has 0 bridgehead atoms. The van der Waals surface area contributed by atoms with Crippen LogP contribution in [0, 0.1) is 0 Å². The van der Waals surface area contributed by atoms with Gasteiger partial charge in [0.1, 0.15) is 12.4 Å². The molecule has 1 aliphatic heterocycles. The van der Waals surface area contributed by atoms with Gasteiger partial charge in [0.05, 0.1) is 0 Å². The van der Waals surface area contributed by atoms with Crippen molar-refractivity contribution >= 4 is 17.6 Å². The zero-order chi connectivity index (χ0) is 14.8. The maximum Gasteiger partial charge on any atom is 0.339 e. The monoisotopic (exact) mass is 279 g/mol. The number of hydrogen-bond acceptors (Lipinski definition) is 4. The largest absolute Gasteiger partial charge is 0.490 e. The Hall–Kier alpha value is -2.08. The number of aliphatic hydroxyl groups is 1. The average Bonchev–Trinajstić information content (AvgIpc) is 2.83. The summed E-state index contributed by atoms with van der Waals surface area (Å²) in [4.78, 5) is 24.0. The van der Waals surface area contributed by atoms with Crippen LogP contribution in [0.5, 0.6) is 5.75 Å². The number of carbonyl (C=O) groups is 2. The predicted octanol–water partition coefficient (Wildman–Crippen LogP) is 1.03. The molecule has 108 valence electrons. The number of carboxylic acid groups (broad SMARTS) is 1. The molecule has 1 heterocycles. The fourth-order valence-corrected chi connectivity index (χ4v) is 1.93. The lowest BCUT2D eigenvalue weighted by Crippen LogP contribution is -2.41. The first-order chi connectivity index (χ1) is 9.40. The first-order valence-electron chi connectivity index (χ1n) is 6.39. The third-order valence-electron chi connectivity index (χ3n) is 3.20. The Morgan fingerprint density at radius 2 is 2.05 bits per heavy atom. The average molecular weight is 279 g/mol. The summed E-state index contributed by atoms with van der Waals surface area (Å²) in [7, 11) is 0. The fraction of sp³-hybridized carbons (Fsp3) is 0.429. The molecule has 1 aromatic rings. The smallest absolute Gasteiger partial charge is 0.339 e. The standard InChI is InChI=1S/C14H17NO5/c1-14(19,13(17)18)9-20-11-6-4-10(5-7-11)15-8-2-3-12(15)16/h4-7,19H,2-3,8-9H2,1H3,(H,17,18). The lowest BCUT2D eigenvalue weighted by molar-refractivity contribution is -0.159. The molecule has 20 heavy (non-hydrogen) atoms. The molecule has 2 rings (SSSR count). The molecule has 0 radical (unpaired) electrons. The van der Waals surface area contributed by atoms with Crippen molar-refractivity contribution in [3.05, 3.63) is 24.3 Å². The predicted molar refractivity (Wildman–Crippen MR) is 71.8 cm³/mol. The fourth-order valence-electron chi connectivity index (χ4n) is 1.93. The Balaban J connectivity index is 1.98. The number of nitrogens with zero attached hydrogens (tertiary/aromatic N) is 1. The summed E-state index contributed by atoms with van der Waals surface area (Å²) in [6.45, 7) is 1.55. The van der Waals surface area contributed by atoms with Crippen LogP contribution in [0.3, 0.4) is 0 Å². The van der Waals surface area contributed by atoms with Crippen molar-refractivity contribution in [2.75, 3.05) is 18.1 Å². The summed E-state index contributed by atoms with van der Waals surface area (Å²) in [6.07, 6.45) is 1.43. The molecule has 0 saturated carbocycles. The minimum Gasteiger partial charge on any atom is -0.490 e. The van der Waals surface area contributed by atoms with Gasteiger partial charge in [0, 0.05) is 18.7 Å². The van der Waals surface area contributed by atoms with Gasteiger partial charge in [0.15, 0.2) is 5.60 Å². The first kappa shape index (κ1) is 14.3. The van der Waals surface area contributed by atoms with Gasteiger partial charge >= 0.3 is 5.97 Å². The normalized spacial score (nSPS) is 17.9. The molecule has 0 spiro atoms. The molecule has 0 aliphatic carbocycles. The minimum atomic E-state index is -1.93. The molecule has 6 nitrogen and oxygen atoms in total. The molecule has 1 amide bonds. The van der Waals surface area contributed by atoms with E-state index in [9.17, 15) is 14.7 Å². The van der Waals surface area contributed by atoms with Crippen LogP contribution in [0.1, 0.15) is 19.8 Å². The van der Waals surface area contributed by atoms with Gasteiger partial charge in [-0.05, 0) is 37.6 Å². The van der Waals surface area contributed by atoms with Crippen LogP contribution < -0.4 is 9.64 Å². The Kier molecular flexibility index (Phi) is 3.94. The van der Waals surface area contributed by atoms with E-state index in [-0.39, 0.29) is 12.5 Å². The zero-order valence-corrected chi connectivity index (χ0v) is 11.2. The van der Waals surface area contributed by atoms with E-state index in [0.29, 0.717) is 18.7 Å². The number of carboxylic acids is 1. The van der Waals surface area contributed by atoms with Crippen molar-refractivity contribution in [1.82, 2.24) is 0 Å². The molecule has 1 aliphatic rings. The number of amides is 1. The van der Waals surface area contributed by atoms with E-state index in [2.05, 4.69) is 0 Å². The third kappa shape index (κ3) is 3.08. The highest BCUT2D eigenvalue weighted by atomic mass is 16.5. The van der Waals surface area contributed by atoms with Crippen molar-refractivity contribution in [3.63, 3.8) is 0 Å². The van der Waals surface area contributed by atoms with Crippen LogP contribution in [-0.2, 0) is 9.59 Å². The molecule has 1 saturated heterocycles. The number of carbonyl (C=O) groups excluding carboxylic acids is 1. The minimum absolute atomic E-state index is 0.104. The number of aliphatic carboxylic acids is 1. The van der Waals surface area contributed by atoms with Gasteiger partial charge in [-0.2, -0.15) is 0 Å². The highest BCUT2D eigenvalue weighted by Crippen LogP contribution is 2.24. The SMILES string of the molecule is CC(O)(COc1ccc(N2CCCC2=O)cc1)C(=O)O. The second-order valence-electron chi connectivity index (χ2n) is 5.01. The van der Waals surface area contributed by atoms with E-state index in [0.717, 1.165) is 12.1 Å². The van der Waals surface area contributed by atoms with Crippen LogP contribution in [0.25, 0.3) is 0 Å². The Morgan fingerprint density at radius 3 is 2.55 bits per heavy atom. The summed E-state index contributed by atoms with van der Waals surface area (Å²) in [6, 6.07) is 6.79. The van der Waals surface area contributed by atoms with E-state index in [1.165, 1.54) is 6.92 Å². The Bertz CT molecular complexity index is 509. The summed E-state index contributed by atoms with van der Waals surface area (Å²) in [5.41, 5.74) is -1.13. The van der Waals surface area contributed by atoms with E-state index in [1.807, 2.05) is 0 Å². The topological polar surface area (TPSA) is 87.1 Å².